The Balaban J connectivity index is 3.41. The molecule has 0 saturated heterocycles. The SMILES string of the molecule is CCC(C)(C)C(=O)NCCOOCCCC(=O)O. The molecule has 6 nitrogen and oxygen atoms in total. The van der Waals surface area contributed by atoms with E-state index in [2.05, 4.69) is 5.32 Å². The van der Waals surface area contributed by atoms with E-state index < -0.39 is 5.97 Å². The number of aliphatic carboxylic acids is 1. The lowest BCUT2D eigenvalue weighted by atomic mass is 9.89. The topological polar surface area (TPSA) is 84.9 Å². The molecule has 0 aromatic heterocycles. The third-order valence-electron chi connectivity index (χ3n) is 2.67. The van der Waals surface area contributed by atoms with E-state index in [-0.39, 0.29) is 31.0 Å². The Morgan fingerprint density at radius 2 is 1.83 bits per heavy atom. The van der Waals surface area contributed by atoms with Crippen molar-refractivity contribution in [1.29, 1.82) is 0 Å². The van der Waals surface area contributed by atoms with Gasteiger partial charge in [-0.25, -0.2) is 9.78 Å². The van der Waals surface area contributed by atoms with Crippen molar-refractivity contribution in [3.63, 3.8) is 0 Å². The lowest BCUT2D eigenvalue weighted by molar-refractivity contribution is -0.293. The molecule has 0 spiro atoms. The Kier molecular flexibility index (Phi) is 8.32. The van der Waals surface area contributed by atoms with E-state index >= 15 is 0 Å². The third kappa shape index (κ3) is 8.03. The number of carbonyl (C=O) groups is 2. The normalized spacial score (nSPS) is 11.3. The number of carboxylic acid groups (broad SMARTS) is 1. The summed E-state index contributed by atoms with van der Waals surface area (Å²) < 4.78 is 0. The molecule has 0 fully saturated rings. The van der Waals surface area contributed by atoms with Crippen molar-refractivity contribution in [3.05, 3.63) is 0 Å². The predicted molar refractivity (Wildman–Crippen MR) is 65.9 cm³/mol. The van der Waals surface area contributed by atoms with Crippen molar-refractivity contribution in [2.45, 2.75) is 40.0 Å². The van der Waals surface area contributed by atoms with Crippen LogP contribution in [0.1, 0.15) is 40.0 Å². The molecule has 18 heavy (non-hydrogen) atoms. The van der Waals surface area contributed by atoms with E-state index in [1.165, 1.54) is 0 Å². The first-order valence-electron chi connectivity index (χ1n) is 6.14. The van der Waals surface area contributed by atoms with Crippen molar-refractivity contribution >= 4 is 11.9 Å². The molecule has 6 heteroatoms. The number of hydrogen-bond acceptors (Lipinski definition) is 4. The molecule has 0 bridgehead atoms. The zero-order valence-electron chi connectivity index (χ0n) is 11.3. The predicted octanol–water partition coefficient (Wildman–Crippen LogP) is 1.35. The van der Waals surface area contributed by atoms with E-state index in [0.717, 1.165) is 6.42 Å². The standard InChI is InChI=1S/C12H23NO5/c1-4-12(2,3)11(16)13-7-9-18-17-8-5-6-10(14)15/h4-9H2,1-3H3,(H,13,16)(H,14,15). The van der Waals surface area contributed by atoms with Crippen molar-refractivity contribution in [3.8, 4) is 0 Å². The average molecular weight is 261 g/mol. The van der Waals surface area contributed by atoms with Gasteiger partial charge in [0.15, 0.2) is 0 Å². The smallest absolute Gasteiger partial charge is 0.303 e. The molecule has 0 saturated carbocycles. The molecule has 106 valence electrons. The minimum atomic E-state index is -0.854. The second-order valence-corrected chi connectivity index (χ2v) is 4.63. The van der Waals surface area contributed by atoms with Gasteiger partial charge in [0.1, 0.15) is 0 Å². The van der Waals surface area contributed by atoms with Gasteiger partial charge in [-0.3, -0.25) is 9.59 Å². The highest BCUT2D eigenvalue weighted by molar-refractivity contribution is 5.81. The summed E-state index contributed by atoms with van der Waals surface area (Å²) in [6, 6.07) is 0. The number of carbonyl (C=O) groups excluding carboxylic acids is 1. The van der Waals surface area contributed by atoms with Crippen LogP contribution in [0.4, 0.5) is 0 Å². The summed E-state index contributed by atoms with van der Waals surface area (Å²) in [5.41, 5.74) is -0.373. The highest BCUT2D eigenvalue weighted by atomic mass is 17.2. The molecule has 0 atom stereocenters. The molecule has 0 aromatic carbocycles. The van der Waals surface area contributed by atoms with Gasteiger partial charge in [0, 0.05) is 18.4 Å². The monoisotopic (exact) mass is 261 g/mol. The van der Waals surface area contributed by atoms with E-state index in [1.807, 2.05) is 20.8 Å². The first-order valence-corrected chi connectivity index (χ1v) is 6.14. The van der Waals surface area contributed by atoms with E-state index in [0.29, 0.717) is 13.0 Å². The van der Waals surface area contributed by atoms with Gasteiger partial charge in [0.2, 0.25) is 5.91 Å². The van der Waals surface area contributed by atoms with Gasteiger partial charge in [-0.05, 0) is 12.8 Å². The summed E-state index contributed by atoms with van der Waals surface area (Å²) in [4.78, 5) is 31.4. The van der Waals surface area contributed by atoms with Gasteiger partial charge in [0.05, 0.1) is 13.2 Å². The lowest BCUT2D eigenvalue weighted by Gasteiger charge is -2.21. The second-order valence-electron chi connectivity index (χ2n) is 4.63. The third-order valence-corrected chi connectivity index (χ3v) is 2.67. The van der Waals surface area contributed by atoms with E-state index in [1.54, 1.807) is 0 Å². The number of carboxylic acids is 1. The molecular weight excluding hydrogens is 238 g/mol. The fourth-order valence-electron chi connectivity index (χ4n) is 1.01. The van der Waals surface area contributed by atoms with Crippen LogP contribution in [-0.4, -0.2) is 36.7 Å². The first-order chi connectivity index (χ1) is 8.40. The Bertz CT molecular complexity index is 265. The second kappa shape index (κ2) is 8.88. The van der Waals surface area contributed by atoms with E-state index in [9.17, 15) is 9.59 Å². The van der Waals surface area contributed by atoms with Crippen molar-refractivity contribution in [1.82, 2.24) is 5.32 Å². The first kappa shape index (κ1) is 16.9. The molecular formula is C12H23NO5. The number of rotatable bonds is 10. The van der Waals surface area contributed by atoms with Crippen LogP contribution in [0.25, 0.3) is 0 Å². The quantitative estimate of drug-likeness (QED) is 0.352. The Morgan fingerprint density at radius 3 is 2.39 bits per heavy atom. The number of amides is 1. The Hall–Kier alpha value is -1.14. The lowest BCUT2D eigenvalue weighted by Crippen LogP contribution is -2.38. The highest BCUT2D eigenvalue weighted by Crippen LogP contribution is 2.18. The molecule has 0 aliphatic rings. The molecule has 1 amide bonds. The van der Waals surface area contributed by atoms with Gasteiger partial charge >= 0.3 is 5.97 Å². The van der Waals surface area contributed by atoms with Crippen LogP contribution in [0.15, 0.2) is 0 Å². The summed E-state index contributed by atoms with van der Waals surface area (Å²) in [7, 11) is 0. The van der Waals surface area contributed by atoms with Crippen molar-refractivity contribution in [2.75, 3.05) is 19.8 Å². The summed E-state index contributed by atoms with van der Waals surface area (Å²) in [6.07, 6.45) is 1.24. The number of hydrogen-bond donors (Lipinski definition) is 2. The molecule has 0 aliphatic carbocycles. The van der Waals surface area contributed by atoms with Crippen LogP contribution in [0.5, 0.6) is 0 Å². The molecule has 0 aromatic rings. The zero-order valence-corrected chi connectivity index (χ0v) is 11.3. The fraction of sp³-hybridized carbons (Fsp3) is 0.833. The molecule has 2 N–H and O–H groups in total. The molecule has 0 rings (SSSR count). The van der Waals surface area contributed by atoms with Gasteiger partial charge in [-0.2, -0.15) is 0 Å². The fourth-order valence-corrected chi connectivity index (χ4v) is 1.01. The van der Waals surface area contributed by atoms with Gasteiger partial charge in [-0.15, -0.1) is 0 Å². The van der Waals surface area contributed by atoms with E-state index in [4.69, 9.17) is 14.9 Å². The van der Waals surface area contributed by atoms with Gasteiger partial charge in [0.25, 0.3) is 0 Å². The summed E-state index contributed by atoms with van der Waals surface area (Å²) in [6.45, 7) is 6.58. The largest absolute Gasteiger partial charge is 0.481 e. The highest BCUT2D eigenvalue weighted by Gasteiger charge is 2.24. The minimum absolute atomic E-state index is 0.0144. The van der Waals surface area contributed by atoms with Crippen LogP contribution in [0.2, 0.25) is 0 Å². The summed E-state index contributed by atoms with van der Waals surface area (Å²) in [5, 5.41) is 11.1. The number of nitrogens with one attached hydrogen (secondary N) is 1. The van der Waals surface area contributed by atoms with Crippen molar-refractivity contribution < 1.29 is 24.5 Å². The Labute approximate surface area is 108 Å². The summed E-state index contributed by atoms with van der Waals surface area (Å²) >= 11 is 0. The Morgan fingerprint density at radius 1 is 1.22 bits per heavy atom. The van der Waals surface area contributed by atoms with Crippen molar-refractivity contribution in [2.24, 2.45) is 5.41 Å². The average Bonchev–Trinajstić information content (AvgIpc) is 2.31. The molecule has 0 aliphatic heterocycles. The maximum absolute atomic E-state index is 11.6. The summed E-state index contributed by atoms with van der Waals surface area (Å²) in [5.74, 6) is -0.868. The maximum Gasteiger partial charge on any atom is 0.303 e. The van der Waals surface area contributed by atoms with Crippen LogP contribution < -0.4 is 5.32 Å². The maximum atomic E-state index is 11.6. The minimum Gasteiger partial charge on any atom is -0.481 e. The van der Waals surface area contributed by atoms with Gasteiger partial charge in [-0.1, -0.05) is 20.8 Å². The molecule has 0 heterocycles. The zero-order chi connectivity index (χ0) is 14.0. The van der Waals surface area contributed by atoms with Crippen LogP contribution >= 0.6 is 0 Å². The van der Waals surface area contributed by atoms with Crippen LogP contribution in [0, 0.1) is 5.41 Å². The van der Waals surface area contributed by atoms with Gasteiger partial charge < -0.3 is 10.4 Å². The molecule has 0 unspecified atom stereocenters. The van der Waals surface area contributed by atoms with Crippen LogP contribution in [-0.2, 0) is 19.4 Å². The van der Waals surface area contributed by atoms with Crippen LogP contribution in [0.3, 0.4) is 0 Å². The molecule has 0 radical (unpaired) electrons.